The van der Waals surface area contributed by atoms with Crippen LogP contribution in [0.15, 0.2) is 48.5 Å². The van der Waals surface area contributed by atoms with Gasteiger partial charge in [0, 0.05) is 36.2 Å². The lowest BCUT2D eigenvalue weighted by Gasteiger charge is -2.19. The number of aryl methyl sites for hydroxylation is 1. The zero-order chi connectivity index (χ0) is 24.7. The molecule has 2 atom stereocenters. The SMILES string of the molecule is CCC(=O)Nc1ccc(CCCC(=O)Nc2ccc(C3CC3NC(=O)OC(C)(C)C)cc2)cc1. The molecule has 0 aromatic heterocycles. The Hall–Kier alpha value is -3.35. The van der Waals surface area contributed by atoms with Gasteiger partial charge in [-0.1, -0.05) is 31.2 Å². The van der Waals surface area contributed by atoms with Crippen LogP contribution in [0.5, 0.6) is 0 Å². The molecule has 34 heavy (non-hydrogen) atoms. The lowest BCUT2D eigenvalue weighted by Crippen LogP contribution is -2.34. The summed E-state index contributed by atoms with van der Waals surface area (Å²) in [6.45, 7) is 7.35. The highest BCUT2D eigenvalue weighted by molar-refractivity contribution is 5.91. The van der Waals surface area contributed by atoms with Crippen molar-refractivity contribution >= 4 is 29.3 Å². The standard InChI is InChI=1S/C27H35N3O4/c1-5-24(31)28-20-13-9-18(10-14-20)7-6-8-25(32)29-21-15-11-19(12-16-21)22-17-23(22)30-26(33)34-27(2,3)4/h9-16,22-23H,5-8,17H2,1-4H3,(H,28,31)(H,29,32)(H,30,33). The first-order valence-corrected chi connectivity index (χ1v) is 11.9. The van der Waals surface area contributed by atoms with Crippen LogP contribution in [-0.4, -0.2) is 29.6 Å². The minimum atomic E-state index is -0.508. The fourth-order valence-corrected chi connectivity index (χ4v) is 3.68. The third-order valence-corrected chi connectivity index (χ3v) is 5.54. The Bertz CT molecular complexity index is 994. The van der Waals surface area contributed by atoms with Crippen LogP contribution in [0.3, 0.4) is 0 Å². The van der Waals surface area contributed by atoms with E-state index in [4.69, 9.17) is 4.74 Å². The second-order valence-corrected chi connectivity index (χ2v) is 9.72. The lowest BCUT2D eigenvalue weighted by atomic mass is 10.1. The van der Waals surface area contributed by atoms with Crippen molar-refractivity contribution in [3.8, 4) is 0 Å². The molecule has 0 spiro atoms. The minimum absolute atomic E-state index is 0.00753. The van der Waals surface area contributed by atoms with Gasteiger partial charge in [0.05, 0.1) is 0 Å². The number of ether oxygens (including phenoxy) is 1. The fraction of sp³-hybridized carbons (Fsp3) is 0.444. The van der Waals surface area contributed by atoms with E-state index in [0.29, 0.717) is 12.8 Å². The predicted molar refractivity (Wildman–Crippen MR) is 134 cm³/mol. The van der Waals surface area contributed by atoms with E-state index < -0.39 is 5.60 Å². The molecule has 1 aliphatic rings. The van der Waals surface area contributed by atoms with E-state index >= 15 is 0 Å². The molecule has 0 saturated heterocycles. The Morgan fingerprint density at radius 3 is 2.09 bits per heavy atom. The summed E-state index contributed by atoms with van der Waals surface area (Å²) in [5, 5.41) is 8.68. The summed E-state index contributed by atoms with van der Waals surface area (Å²) in [7, 11) is 0. The van der Waals surface area contributed by atoms with Crippen molar-refractivity contribution in [2.45, 2.75) is 77.4 Å². The molecule has 1 saturated carbocycles. The third kappa shape index (κ3) is 8.21. The molecular formula is C27H35N3O4. The van der Waals surface area contributed by atoms with Crippen molar-refractivity contribution < 1.29 is 19.1 Å². The quantitative estimate of drug-likeness (QED) is 0.463. The van der Waals surface area contributed by atoms with Gasteiger partial charge in [0.25, 0.3) is 0 Å². The molecule has 2 aromatic carbocycles. The van der Waals surface area contributed by atoms with Crippen LogP contribution < -0.4 is 16.0 Å². The van der Waals surface area contributed by atoms with Crippen molar-refractivity contribution in [1.29, 1.82) is 0 Å². The number of amides is 3. The number of hydrogen-bond acceptors (Lipinski definition) is 4. The van der Waals surface area contributed by atoms with E-state index in [1.807, 2.05) is 76.2 Å². The van der Waals surface area contributed by atoms with Gasteiger partial charge in [-0.25, -0.2) is 4.79 Å². The van der Waals surface area contributed by atoms with Gasteiger partial charge in [0.2, 0.25) is 11.8 Å². The van der Waals surface area contributed by atoms with Crippen LogP contribution in [0.4, 0.5) is 16.2 Å². The van der Waals surface area contributed by atoms with Crippen molar-refractivity contribution in [3.63, 3.8) is 0 Å². The molecule has 2 aromatic rings. The van der Waals surface area contributed by atoms with Crippen molar-refractivity contribution in [2.75, 3.05) is 10.6 Å². The monoisotopic (exact) mass is 465 g/mol. The van der Waals surface area contributed by atoms with Gasteiger partial charge >= 0.3 is 6.09 Å². The Morgan fingerprint density at radius 2 is 1.50 bits per heavy atom. The highest BCUT2D eigenvalue weighted by Crippen LogP contribution is 2.41. The number of nitrogens with one attached hydrogen (secondary N) is 3. The summed E-state index contributed by atoms with van der Waals surface area (Å²) in [5.41, 5.74) is 3.31. The van der Waals surface area contributed by atoms with E-state index in [0.717, 1.165) is 41.8 Å². The second kappa shape index (κ2) is 11.2. The molecular weight excluding hydrogens is 430 g/mol. The summed E-state index contributed by atoms with van der Waals surface area (Å²) in [6, 6.07) is 15.6. The minimum Gasteiger partial charge on any atom is -0.444 e. The van der Waals surface area contributed by atoms with Gasteiger partial charge in [0.1, 0.15) is 5.60 Å². The summed E-state index contributed by atoms with van der Waals surface area (Å²) in [6.07, 6.45) is 2.92. The highest BCUT2D eigenvalue weighted by Gasteiger charge is 2.40. The summed E-state index contributed by atoms with van der Waals surface area (Å²) in [5.74, 6) is 0.251. The molecule has 3 amide bonds. The number of alkyl carbamates (subject to hydrolysis) is 1. The average Bonchev–Trinajstić information content (AvgIpc) is 3.52. The van der Waals surface area contributed by atoms with Gasteiger partial charge < -0.3 is 20.7 Å². The third-order valence-electron chi connectivity index (χ3n) is 5.54. The molecule has 2 unspecified atom stereocenters. The zero-order valence-electron chi connectivity index (χ0n) is 20.4. The van der Waals surface area contributed by atoms with Crippen molar-refractivity contribution in [1.82, 2.24) is 5.32 Å². The number of carbonyl (C=O) groups is 3. The maximum atomic E-state index is 12.3. The Morgan fingerprint density at radius 1 is 0.912 bits per heavy atom. The zero-order valence-corrected chi connectivity index (χ0v) is 20.4. The van der Waals surface area contributed by atoms with Gasteiger partial charge in [-0.15, -0.1) is 0 Å². The van der Waals surface area contributed by atoms with Gasteiger partial charge in [-0.05, 0) is 75.4 Å². The molecule has 0 heterocycles. The number of benzene rings is 2. The molecule has 1 aliphatic carbocycles. The normalized spacial score (nSPS) is 16.9. The number of rotatable bonds is 9. The van der Waals surface area contributed by atoms with E-state index in [1.165, 1.54) is 0 Å². The summed E-state index contributed by atoms with van der Waals surface area (Å²) >= 11 is 0. The summed E-state index contributed by atoms with van der Waals surface area (Å²) in [4.78, 5) is 35.7. The predicted octanol–water partition coefficient (Wildman–Crippen LogP) is 5.38. The topological polar surface area (TPSA) is 96.5 Å². The van der Waals surface area contributed by atoms with E-state index in [-0.39, 0.29) is 29.9 Å². The second-order valence-electron chi connectivity index (χ2n) is 9.72. The number of hydrogen-bond donors (Lipinski definition) is 3. The summed E-state index contributed by atoms with van der Waals surface area (Å²) < 4.78 is 5.31. The van der Waals surface area contributed by atoms with Crippen LogP contribution in [-0.2, 0) is 20.7 Å². The first kappa shape index (κ1) is 25.3. The highest BCUT2D eigenvalue weighted by atomic mass is 16.6. The molecule has 7 nitrogen and oxygen atoms in total. The Kier molecular flexibility index (Phi) is 8.31. The van der Waals surface area contributed by atoms with Crippen LogP contribution in [0.2, 0.25) is 0 Å². The van der Waals surface area contributed by atoms with Crippen LogP contribution >= 0.6 is 0 Å². The first-order valence-electron chi connectivity index (χ1n) is 11.9. The molecule has 182 valence electrons. The van der Waals surface area contributed by atoms with E-state index in [9.17, 15) is 14.4 Å². The molecule has 3 N–H and O–H groups in total. The molecule has 1 fully saturated rings. The fourth-order valence-electron chi connectivity index (χ4n) is 3.68. The van der Waals surface area contributed by atoms with Gasteiger partial charge in [-0.3, -0.25) is 9.59 Å². The average molecular weight is 466 g/mol. The molecule has 0 radical (unpaired) electrons. The number of carbonyl (C=O) groups excluding carboxylic acids is 3. The van der Waals surface area contributed by atoms with Crippen LogP contribution in [0.1, 0.15) is 70.4 Å². The smallest absolute Gasteiger partial charge is 0.407 e. The Balaban J connectivity index is 1.37. The maximum Gasteiger partial charge on any atom is 0.407 e. The lowest BCUT2D eigenvalue weighted by molar-refractivity contribution is -0.116. The first-order chi connectivity index (χ1) is 16.1. The maximum absolute atomic E-state index is 12.3. The molecule has 3 rings (SSSR count). The Labute approximate surface area is 201 Å². The van der Waals surface area contributed by atoms with Gasteiger partial charge in [-0.2, -0.15) is 0 Å². The largest absolute Gasteiger partial charge is 0.444 e. The number of anilines is 2. The van der Waals surface area contributed by atoms with Crippen molar-refractivity contribution in [2.24, 2.45) is 0 Å². The van der Waals surface area contributed by atoms with E-state index in [2.05, 4.69) is 16.0 Å². The van der Waals surface area contributed by atoms with Gasteiger partial charge in [0.15, 0.2) is 0 Å². The molecule has 0 aliphatic heterocycles. The molecule has 0 bridgehead atoms. The molecule has 7 heteroatoms. The van der Waals surface area contributed by atoms with Crippen LogP contribution in [0, 0.1) is 0 Å². The van der Waals surface area contributed by atoms with Crippen molar-refractivity contribution in [3.05, 3.63) is 59.7 Å². The van der Waals surface area contributed by atoms with Crippen LogP contribution in [0.25, 0.3) is 0 Å². The van der Waals surface area contributed by atoms with E-state index in [1.54, 1.807) is 0 Å².